The average molecular weight is 396 g/mol. The fourth-order valence-electron chi connectivity index (χ4n) is 2.69. The van der Waals surface area contributed by atoms with Gasteiger partial charge >= 0.3 is 0 Å². The molecule has 9 heteroatoms. The van der Waals surface area contributed by atoms with E-state index in [0.29, 0.717) is 33.1 Å². The molecule has 4 rings (SSSR count). The zero-order chi connectivity index (χ0) is 19.7. The Morgan fingerprint density at radius 2 is 1.93 bits per heavy atom. The largest absolute Gasteiger partial charge is 0.363 e. The first kappa shape index (κ1) is 17.7. The van der Waals surface area contributed by atoms with E-state index < -0.39 is 0 Å². The van der Waals surface area contributed by atoms with E-state index >= 15 is 0 Å². The number of carbonyl (C=O) groups is 1. The van der Waals surface area contributed by atoms with Crippen LogP contribution in [-0.4, -0.2) is 20.6 Å². The molecule has 8 nitrogen and oxygen atoms in total. The van der Waals surface area contributed by atoms with Gasteiger partial charge in [0.25, 0.3) is 11.5 Å². The Balaban J connectivity index is 1.58. The fourth-order valence-corrected chi connectivity index (χ4v) is 2.86. The topological polar surface area (TPSA) is 102 Å². The molecule has 2 heterocycles. The first-order chi connectivity index (χ1) is 13.5. The van der Waals surface area contributed by atoms with Gasteiger partial charge in [0.05, 0.1) is 11.0 Å². The number of carbonyl (C=O) groups excluding carboxylic acids is 1. The van der Waals surface area contributed by atoms with Crippen molar-refractivity contribution in [1.82, 2.24) is 14.7 Å². The number of fused-ring (bicyclic) bond motifs is 1. The first-order valence-electron chi connectivity index (χ1n) is 8.26. The number of rotatable bonds is 4. The summed E-state index contributed by atoms with van der Waals surface area (Å²) in [5, 5.41) is 9.76. The van der Waals surface area contributed by atoms with Crippen LogP contribution in [0.5, 0.6) is 0 Å². The van der Waals surface area contributed by atoms with Crippen molar-refractivity contribution in [2.75, 3.05) is 10.6 Å². The zero-order valence-electron chi connectivity index (χ0n) is 14.6. The molecule has 4 aromatic rings. The molecular formula is C19H14ClN5O3. The summed E-state index contributed by atoms with van der Waals surface area (Å²) in [5.41, 5.74) is 2.05. The fraction of sp³-hybridized carbons (Fsp3) is 0.0526. The van der Waals surface area contributed by atoms with Crippen molar-refractivity contribution < 1.29 is 9.32 Å². The van der Waals surface area contributed by atoms with Crippen LogP contribution in [-0.2, 0) is 7.05 Å². The number of halogens is 1. The third-order valence-corrected chi connectivity index (χ3v) is 4.36. The van der Waals surface area contributed by atoms with Gasteiger partial charge in [-0.05, 0) is 42.5 Å². The summed E-state index contributed by atoms with van der Waals surface area (Å²) >= 11 is 6.03. The minimum atomic E-state index is -0.324. The van der Waals surface area contributed by atoms with Crippen molar-refractivity contribution >= 4 is 45.9 Å². The quantitative estimate of drug-likeness (QED) is 0.547. The first-order valence-corrected chi connectivity index (χ1v) is 8.64. The number of hydrogen-bond acceptors (Lipinski definition) is 6. The molecule has 0 spiro atoms. The minimum Gasteiger partial charge on any atom is -0.363 e. The number of benzene rings is 2. The van der Waals surface area contributed by atoms with Crippen LogP contribution in [0.3, 0.4) is 0 Å². The summed E-state index contributed by atoms with van der Waals surface area (Å²) in [7, 11) is 1.67. The maximum atomic E-state index is 12.5. The summed E-state index contributed by atoms with van der Waals surface area (Å²) in [6.45, 7) is 0. The van der Waals surface area contributed by atoms with Crippen LogP contribution in [0.2, 0.25) is 5.02 Å². The highest BCUT2D eigenvalue weighted by Crippen LogP contribution is 2.19. The smallest absolute Gasteiger partial charge is 0.293 e. The normalized spacial score (nSPS) is 10.8. The van der Waals surface area contributed by atoms with E-state index in [1.807, 2.05) is 0 Å². The molecule has 0 unspecified atom stereocenters. The number of amides is 1. The molecule has 2 aromatic carbocycles. The van der Waals surface area contributed by atoms with Gasteiger partial charge in [0.15, 0.2) is 11.6 Å². The molecule has 2 N–H and O–H groups in total. The van der Waals surface area contributed by atoms with E-state index in [1.165, 1.54) is 10.8 Å². The van der Waals surface area contributed by atoms with Crippen LogP contribution in [0, 0.1) is 0 Å². The Morgan fingerprint density at radius 3 is 2.64 bits per heavy atom. The molecule has 0 saturated carbocycles. The van der Waals surface area contributed by atoms with Crippen molar-refractivity contribution in [3.05, 3.63) is 75.7 Å². The zero-order valence-corrected chi connectivity index (χ0v) is 15.4. The maximum Gasteiger partial charge on any atom is 0.293 e. The summed E-state index contributed by atoms with van der Waals surface area (Å²) in [5.74, 6) is 0.168. The predicted molar refractivity (Wildman–Crippen MR) is 106 cm³/mol. The molecule has 2 aromatic heterocycles. The Labute approximate surface area is 163 Å². The number of aryl methyl sites for hydroxylation is 1. The lowest BCUT2D eigenvalue weighted by Gasteiger charge is -2.10. The second kappa shape index (κ2) is 7.16. The highest BCUT2D eigenvalue weighted by molar-refractivity contribution is 6.31. The average Bonchev–Trinajstić information content (AvgIpc) is 3.19. The second-order valence-corrected chi connectivity index (χ2v) is 6.44. The van der Waals surface area contributed by atoms with E-state index in [2.05, 4.69) is 25.3 Å². The lowest BCUT2D eigenvalue weighted by Crippen LogP contribution is -2.21. The van der Waals surface area contributed by atoms with Crippen molar-refractivity contribution in [2.24, 2.45) is 7.05 Å². The predicted octanol–water partition coefficient (Wildman–Crippen LogP) is 3.57. The molecule has 0 aliphatic carbocycles. The van der Waals surface area contributed by atoms with E-state index in [-0.39, 0.29) is 17.3 Å². The van der Waals surface area contributed by atoms with Gasteiger partial charge in [0.1, 0.15) is 6.26 Å². The summed E-state index contributed by atoms with van der Waals surface area (Å²) in [6.07, 6.45) is 1.37. The highest BCUT2D eigenvalue weighted by atomic mass is 35.5. The summed E-state index contributed by atoms with van der Waals surface area (Å²) in [6, 6.07) is 13.3. The van der Waals surface area contributed by atoms with Crippen LogP contribution in [0.15, 0.2) is 64.1 Å². The Kier molecular flexibility index (Phi) is 4.54. The van der Waals surface area contributed by atoms with E-state index in [1.54, 1.807) is 55.6 Å². The van der Waals surface area contributed by atoms with Crippen molar-refractivity contribution in [3.63, 3.8) is 0 Å². The molecule has 0 bridgehead atoms. The number of nitrogens with one attached hydrogen (secondary N) is 2. The van der Waals surface area contributed by atoms with Crippen molar-refractivity contribution in [1.29, 1.82) is 0 Å². The number of aromatic nitrogens is 3. The standard InChI is InChI=1S/C19H14ClN5O3/c1-25-15-7-4-12(20)10-14(15)22-17(19(25)27)21-13-5-2-11(3-6-13)18(26)23-16-8-9-28-24-16/h2-10H,1H3,(H,21,22)(H,23,24,26). The van der Waals surface area contributed by atoms with E-state index in [9.17, 15) is 9.59 Å². The van der Waals surface area contributed by atoms with Gasteiger partial charge < -0.3 is 19.7 Å². The minimum absolute atomic E-state index is 0.164. The second-order valence-electron chi connectivity index (χ2n) is 6.00. The number of anilines is 3. The Morgan fingerprint density at radius 1 is 1.14 bits per heavy atom. The lowest BCUT2D eigenvalue weighted by molar-refractivity contribution is 0.102. The molecule has 0 aliphatic rings. The van der Waals surface area contributed by atoms with Crippen molar-refractivity contribution in [3.8, 4) is 0 Å². The molecule has 1 amide bonds. The highest BCUT2D eigenvalue weighted by Gasteiger charge is 2.11. The van der Waals surface area contributed by atoms with Gasteiger partial charge in [-0.25, -0.2) is 4.98 Å². The third-order valence-electron chi connectivity index (χ3n) is 4.13. The molecule has 0 radical (unpaired) electrons. The number of hydrogen-bond donors (Lipinski definition) is 2. The maximum absolute atomic E-state index is 12.5. The van der Waals surface area contributed by atoms with Gasteiger partial charge in [-0.2, -0.15) is 0 Å². The SMILES string of the molecule is Cn1c(=O)c(Nc2ccc(C(=O)Nc3ccon3)cc2)nc2cc(Cl)ccc21. The molecule has 0 atom stereocenters. The summed E-state index contributed by atoms with van der Waals surface area (Å²) < 4.78 is 6.17. The lowest BCUT2D eigenvalue weighted by atomic mass is 10.2. The van der Waals surface area contributed by atoms with Crippen LogP contribution >= 0.6 is 11.6 Å². The van der Waals surface area contributed by atoms with Crippen LogP contribution < -0.4 is 16.2 Å². The van der Waals surface area contributed by atoms with Crippen LogP contribution in [0.25, 0.3) is 11.0 Å². The molecule has 0 fully saturated rings. The van der Waals surface area contributed by atoms with Crippen molar-refractivity contribution in [2.45, 2.75) is 0 Å². The Hall–Kier alpha value is -3.65. The van der Waals surface area contributed by atoms with Crippen LogP contribution in [0.1, 0.15) is 10.4 Å². The molecule has 28 heavy (non-hydrogen) atoms. The molecular weight excluding hydrogens is 382 g/mol. The number of nitrogens with zero attached hydrogens (tertiary/aromatic N) is 3. The van der Waals surface area contributed by atoms with E-state index in [0.717, 1.165) is 0 Å². The van der Waals surface area contributed by atoms with Crippen LogP contribution in [0.4, 0.5) is 17.3 Å². The monoisotopic (exact) mass is 395 g/mol. The third kappa shape index (κ3) is 3.45. The van der Waals surface area contributed by atoms with E-state index in [4.69, 9.17) is 11.6 Å². The van der Waals surface area contributed by atoms with Gasteiger partial charge in [-0.1, -0.05) is 16.8 Å². The summed E-state index contributed by atoms with van der Waals surface area (Å²) in [4.78, 5) is 29.1. The molecule has 140 valence electrons. The van der Waals surface area contributed by atoms with Gasteiger partial charge in [0, 0.05) is 29.4 Å². The van der Waals surface area contributed by atoms with Gasteiger partial charge in [-0.15, -0.1) is 0 Å². The van der Waals surface area contributed by atoms with Gasteiger partial charge in [-0.3, -0.25) is 9.59 Å². The molecule has 0 aliphatic heterocycles. The van der Waals surface area contributed by atoms with Gasteiger partial charge in [0.2, 0.25) is 0 Å². The Bertz CT molecular complexity index is 1220. The molecule has 0 saturated heterocycles.